The van der Waals surface area contributed by atoms with Crippen LogP contribution in [0.5, 0.6) is 0 Å². The van der Waals surface area contributed by atoms with Gasteiger partial charge < -0.3 is 5.73 Å². The normalized spacial score (nSPS) is 7.82. The molecule has 0 aromatic carbocycles. The molecule has 1 aromatic heterocycles. The molecule has 0 radical (unpaired) electrons. The summed E-state index contributed by atoms with van der Waals surface area (Å²) in [6.45, 7) is 4.98. The van der Waals surface area contributed by atoms with Crippen molar-refractivity contribution in [1.82, 2.24) is 0 Å². The van der Waals surface area contributed by atoms with Gasteiger partial charge in [-0.3, -0.25) is 0 Å². The summed E-state index contributed by atoms with van der Waals surface area (Å²) in [7, 11) is 0. The maximum atomic E-state index is 5.14. The topological polar surface area (TPSA) is 26.0 Å². The van der Waals surface area contributed by atoms with Gasteiger partial charge in [0.25, 0.3) is 0 Å². The van der Waals surface area contributed by atoms with Gasteiger partial charge in [-0.25, -0.2) is 0 Å². The molecule has 0 fully saturated rings. The Balaban J connectivity index is 0.000000187. The third-order valence-electron chi connectivity index (χ3n) is 1.22. The van der Waals surface area contributed by atoms with Crippen molar-refractivity contribution in [2.24, 2.45) is 5.73 Å². The van der Waals surface area contributed by atoms with E-state index in [1.165, 1.54) is 12.8 Å². The second-order valence-electron chi connectivity index (χ2n) is 2.30. The van der Waals surface area contributed by atoms with Crippen molar-refractivity contribution < 1.29 is 0 Å². The van der Waals surface area contributed by atoms with Crippen molar-refractivity contribution in [3.05, 3.63) is 30.1 Å². The van der Waals surface area contributed by atoms with Gasteiger partial charge in [-0.05, 0) is 13.0 Å². The third kappa shape index (κ3) is 9.37. The van der Waals surface area contributed by atoms with E-state index in [-0.39, 0.29) is 0 Å². The summed E-state index contributed by atoms with van der Waals surface area (Å²) in [5.74, 6) is 4.00. The predicted octanol–water partition coefficient (Wildman–Crippen LogP) is 1.77. The van der Waals surface area contributed by atoms with Crippen molar-refractivity contribution in [1.29, 1.82) is 0 Å². The first-order chi connectivity index (χ1) is 5.41. The molecule has 2 N–H and O–H groups in total. The number of rotatable bonds is 2. The van der Waals surface area contributed by atoms with Gasteiger partial charge in [0.15, 0.2) is 0 Å². The molecule has 1 nitrogen and oxygen atoms in total. The van der Waals surface area contributed by atoms with Crippen LogP contribution >= 0.6 is 0 Å². The molecule has 0 saturated heterocycles. The van der Waals surface area contributed by atoms with Crippen LogP contribution in [0, 0.1) is 0 Å². The molecule has 0 aliphatic heterocycles. The maximum absolute atomic E-state index is 5.14. The molecule has 0 aliphatic rings. The van der Waals surface area contributed by atoms with Gasteiger partial charge in [0, 0.05) is 0 Å². The van der Waals surface area contributed by atoms with E-state index in [0.29, 0.717) is 0 Å². The van der Waals surface area contributed by atoms with Crippen LogP contribution in [-0.2, 0) is 0 Å². The zero-order valence-corrected chi connectivity index (χ0v) is 7.16. The van der Waals surface area contributed by atoms with Crippen LogP contribution in [0.1, 0.15) is 19.8 Å². The Morgan fingerprint density at radius 3 is 1.91 bits per heavy atom. The van der Waals surface area contributed by atoms with E-state index in [9.17, 15) is 0 Å². The van der Waals surface area contributed by atoms with Crippen LogP contribution in [-0.4, -0.2) is 13.5 Å². The van der Waals surface area contributed by atoms with Crippen LogP contribution in [0.25, 0.3) is 0 Å². The SMILES string of the molecule is CCCCN.b1ccccc1. The molecule has 60 valence electrons. The number of unbranched alkanes of at least 4 members (excludes halogenated alkanes) is 1. The molecule has 0 saturated carbocycles. The zero-order chi connectivity index (χ0) is 8.36. The van der Waals surface area contributed by atoms with Gasteiger partial charge in [-0.2, -0.15) is 0 Å². The van der Waals surface area contributed by atoms with E-state index in [4.69, 9.17) is 5.73 Å². The summed E-state index contributed by atoms with van der Waals surface area (Å²) in [5, 5.41) is 0. The molecule has 0 amide bonds. The third-order valence-corrected chi connectivity index (χ3v) is 1.22. The van der Waals surface area contributed by atoms with E-state index in [2.05, 4.69) is 6.92 Å². The summed E-state index contributed by atoms with van der Waals surface area (Å²) in [6, 6.07) is 6.00. The average Bonchev–Trinajstić information content (AvgIpc) is 2.10. The Kier molecular flexibility index (Phi) is 8.84. The number of nitrogens with two attached hydrogens (primary N) is 1. The minimum atomic E-state index is 0.844. The summed E-state index contributed by atoms with van der Waals surface area (Å²) in [6.07, 6.45) is 2.39. The molecule has 0 aliphatic carbocycles. The van der Waals surface area contributed by atoms with E-state index in [0.717, 1.165) is 6.54 Å². The number of hydrogen-bond donors (Lipinski definition) is 1. The van der Waals surface area contributed by atoms with E-state index in [1.54, 1.807) is 0 Å². The Morgan fingerprint density at radius 1 is 1.18 bits per heavy atom. The van der Waals surface area contributed by atoms with Gasteiger partial charge in [0.2, 0.25) is 0 Å². The average molecular weight is 149 g/mol. The Labute approximate surface area is 69.8 Å². The summed E-state index contributed by atoms with van der Waals surface area (Å²) in [5.41, 5.74) is 5.14. The fraction of sp³-hybridized carbons (Fsp3) is 0.444. The van der Waals surface area contributed by atoms with E-state index in [1.807, 2.05) is 37.0 Å². The van der Waals surface area contributed by atoms with Crippen molar-refractivity contribution >= 4 is 6.91 Å². The Bertz CT molecular complexity index is 113. The second kappa shape index (κ2) is 9.37. The van der Waals surface area contributed by atoms with Crippen molar-refractivity contribution in [3.63, 3.8) is 0 Å². The predicted molar refractivity (Wildman–Crippen MR) is 51.8 cm³/mol. The summed E-state index contributed by atoms with van der Waals surface area (Å²) < 4.78 is 0. The van der Waals surface area contributed by atoms with Gasteiger partial charge in [0.05, 0.1) is 0 Å². The van der Waals surface area contributed by atoms with Crippen molar-refractivity contribution in [2.45, 2.75) is 19.8 Å². The molecular formula is C9H16BN. The van der Waals surface area contributed by atoms with E-state index < -0.39 is 0 Å². The monoisotopic (exact) mass is 149 g/mol. The molecule has 0 unspecified atom stereocenters. The van der Waals surface area contributed by atoms with Crippen LogP contribution in [0.4, 0.5) is 0 Å². The Morgan fingerprint density at radius 2 is 1.82 bits per heavy atom. The van der Waals surface area contributed by atoms with E-state index >= 15 is 0 Å². The van der Waals surface area contributed by atoms with Crippen molar-refractivity contribution in [3.8, 4) is 0 Å². The zero-order valence-electron chi connectivity index (χ0n) is 7.16. The first kappa shape index (κ1) is 10.4. The Hall–Kier alpha value is -0.625. The van der Waals surface area contributed by atoms with Crippen LogP contribution < -0.4 is 5.73 Å². The fourth-order valence-corrected chi connectivity index (χ4v) is 0.589. The fourth-order valence-electron chi connectivity index (χ4n) is 0.589. The summed E-state index contributed by atoms with van der Waals surface area (Å²) >= 11 is 0. The van der Waals surface area contributed by atoms with Crippen LogP contribution in [0.2, 0.25) is 0 Å². The molecule has 1 heterocycles. The molecule has 0 bridgehead atoms. The van der Waals surface area contributed by atoms with Gasteiger partial charge in [-0.15, -0.1) is 0 Å². The first-order valence-electron chi connectivity index (χ1n) is 4.12. The van der Waals surface area contributed by atoms with Crippen LogP contribution in [0.15, 0.2) is 30.1 Å². The minimum absolute atomic E-state index is 0.844. The number of hydrogen-bond acceptors (Lipinski definition) is 1. The molecule has 0 spiro atoms. The molecular weight excluding hydrogens is 133 g/mol. The van der Waals surface area contributed by atoms with Gasteiger partial charge >= 0.3 is 37.0 Å². The van der Waals surface area contributed by atoms with Gasteiger partial charge in [0.1, 0.15) is 0 Å². The molecule has 11 heavy (non-hydrogen) atoms. The quantitative estimate of drug-likeness (QED) is 0.681. The second-order valence-corrected chi connectivity index (χ2v) is 2.30. The molecule has 1 aromatic rings. The van der Waals surface area contributed by atoms with Crippen molar-refractivity contribution in [2.75, 3.05) is 6.54 Å². The summed E-state index contributed by atoms with van der Waals surface area (Å²) in [4.78, 5) is 0. The standard InChI is InChI=1S/C5H5B.C4H11N/c1-2-4-6-5-3-1;1-2-3-4-5/h1-5H;2-5H2,1H3. The van der Waals surface area contributed by atoms with Gasteiger partial charge in [-0.1, -0.05) is 13.3 Å². The molecule has 2 heteroatoms. The molecule has 1 rings (SSSR count). The van der Waals surface area contributed by atoms with Crippen LogP contribution in [0.3, 0.4) is 0 Å². The molecule has 0 atom stereocenters. The first-order valence-corrected chi connectivity index (χ1v) is 4.12.